The molecule has 0 aliphatic carbocycles. The Bertz CT molecular complexity index is 1500. The summed E-state index contributed by atoms with van der Waals surface area (Å²) in [5.41, 5.74) is 3.46. The summed E-state index contributed by atoms with van der Waals surface area (Å²) in [4.78, 5) is 22.0. The molecule has 0 unspecified atom stereocenters. The number of amides is 1. The normalized spacial score (nSPS) is 15.8. The lowest BCUT2D eigenvalue weighted by atomic mass is 10.0. The number of nitrogens with zero attached hydrogens (tertiary/aromatic N) is 7. The van der Waals surface area contributed by atoms with Crippen LogP contribution in [0.15, 0.2) is 67.1 Å². The largest absolute Gasteiger partial charge is 0.315 e. The molecule has 3 aromatic heterocycles. The van der Waals surface area contributed by atoms with Crippen molar-refractivity contribution in [2.45, 2.75) is 18.9 Å². The number of rotatable bonds is 5. The van der Waals surface area contributed by atoms with Crippen LogP contribution in [0.25, 0.3) is 33.3 Å². The lowest BCUT2D eigenvalue weighted by Crippen LogP contribution is -2.49. The number of hydrogen-bond donors (Lipinski definition) is 2. The molecule has 5 aromatic rings. The van der Waals surface area contributed by atoms with Gasteiger partial charge in [0.1, 0.15) is 5.82 Å². The number of fused-ring (bicyclic) bond motifs is 1. The quantitative estimate of drug-likeness (QED) is 0.397. The summed E-state index contributed by atoms with van der Waals surface area (Å²) in [6, 6.07) is 15.5. The number of carbonyl (C=O) groups excluding carboxylic acids is 1. The molecule has 2 aromatic carbocycles. The molecule has 0 bridgehead atoms. The fourth-order valence-electron chi connectivity index (χ4n) is 4.73. The first-order valence-corrected chi connectivity index (χ1v) is 11.9. The van der Waals surface area contributed by atoms with Gasteiger partial charge in [0.25, 0.3) is 5.91 Å². The highest BCUT2D eigenvalue weighted by Crippen LogP contribution is 2.32. The number of anilines is 1. The third-order valence-electron chi connectivity index (χ3n) is 6.56. The average Bonchev–Trinajstić information content (AvgIpc) is 3.62. The molecular weight excluding hydrogens is 454 g/mol. The van der Waals surface area contributed by atoms with E-state index in [2.05, 4.69) is 37.0 Å². The average molecular weight is 480 g/mol. The number of H-pyrrole nitrogens is 1. The van der Waals surface area contributed by atoms with Crippen molar-refractivity contribution in [3.63, 3.8) is 0 Å². The van der Waals surface area contributed by atoms with Crippen LogP contribution in [-0.4, -0.2) is 60.4 Å². The number of hydrogen-bond acceptors (Lipinski definition) is 7. The molecule has 1 aliphatic rings. The van der Waals surface area contributed by atoms with Gasteiger partial charge in [-0.25, -0.2) is 4.98 Å². The topological polar surface area (TPSA) is 118 Å². The van der Waals surface area contributed by atoms with Gasteiger partial charge >= 0.3 is 0 Å². The van der Waals surface area contributed by atoms with Crippen molar-refractivity contribution in [2.75, 3.05) is 18.0 Å². The van der Waals surface area contributed by atoms with Crippen LogP contribution in [0.1, 0.15) is 23.2 Å². The van der Waals surface area contributed by atoms with Gasteiger partial charge in [0.2, 0.25) is 5.82 Å². The molecule has 0 radical (unpaired) electrons. The first kappa shape index (κ1) is 22.1. The molecule has 180 valence electrons. The summed E-state index contributed by atoms with van der Waals surface area (Å²) in [7, 11) is 1.72. The second-order valence-corrected chi connectivity index (χ2v) is 8.91. The van der Waals surface area contributed by atoms with E-state index in [1.54, 1.807) is 19.4 Å². The fraction of sp³-hybridized carbons (Fsp3) is 0.231. The van der Waals surface area contributed by atoms with E-state index in [0.29, 0.717) is 17.2 Å². The molecule has 10 nitrogen and oxygen atoms in total. The maximum atomic E-state index is 14.0. The predicted octanol–water partition coefficient (Wildman–Crippen LogP) is 3.21. The first-order chi connectivity index (χ1) is 17.7. The van der Waals surface area contributed by atoms with Crippen LogP contribution in [0.3, 0.4) is 0 Å². The van der Waals surface area contributed by atoms with Gasteiger partial charge in [-0.1, -0.05) is 24.3 Å². The second kappa shape index (κ2) is 9.31. The van der Waals surface area contributed by atoms with Crippen LogP contribution in [0, 0.1) is 0 Å². The molecule has 1 fully saturated rings. The van der Waals surface area contributed by atoms with Gasteiger partial charge in [0.15, 0.2) is 0 Å². The summed E-state index contributed by atoms with van der Waals surface area (Å²) < 4.78 is 0. The Labute approximate surface area is 207 Å². The van der Waals surface area contributed by atoms with Crippen LogP contribution in [0.4, 0.5) is 5.82 Å². The molecule has 0 saturated carbocycles. The molecular formula is C26H25N9O. The van der Waals surface area contributed by atoms with Crippen LogP contribution in [0.2, 0.25) is 0 Å². The van der Waals surface area contributed by atoms with Crippen molar-refractivity contribution in [3.05, 3.63) is 72.7 Å². The molecule has 1 saturated heterocycles. The summed E-state index contributed by atoms with van der Waals surface area (Å²) in [6.07, 6.45) is 7.35. The number of carbonyl (C=O) groups is 1. The number of aryl methyl sites for hydroxylation is 1. The number of aromatic nitrogens is 7. The Morgan fingerprint density at radius 3 is 2.67 bits per heavy atom. The van der Waals surface area contributed by atoms with Gasteiger partial charge in [-0.05, 0) is 59.8 Å². The predicted molar refractivity (Wildman–Crippen MR) is 136 cm³/mol. The zero-order valence-corrected chi connectivity index (χ0v) is 19.8. The molecule has 36 heavy (non-hydrogen) atoms. The summed E-state index contributed by atoms with van der Waals surface area (Å²) in [5, 5.41) is 24.5. The number of aromatic amines is 1. The Hall–Kier alpha value is -4.44. The molecule has 6 rings (SSSR count). The minimum absolute atomic E-state index is 0.000710. The van der Waals surface area contributed by atoms with Crippen LogP contribution >= 0.6 is 0 Å². The van der Waals surface area contributed by atoms with Crippen molar-refractivity contribution in [1.82, 2.24) is 40.7 Å². The number of tetrazole rings is 1. The highest BCUT2D eigenvalue weighted by Gasteiger charge is 2.30. The summed E-state index contributed by atoms with van der Waals surface area (Å²) >= 11 is 0. The van der Waals surface area contributed by atoms with Gasteiger partial charge in [0.05, 0.1) is 19.3 Å². The van der Waals surface area contributed by atoms with E-state index in [1.165, 1.54) is 4.80 Å². The zero-order chi connectivity index (χ0) is 24.5. The van der Waals surface area contributed by atoms with Gasteiger partial charge in [-0.3, -0.25) is 14.8 Å². The van der Waals surface area contributed by atoms with Gasteiger partial charge < -0.3 is 5.32 Å². The monoisotopic (exact) mass is 479 g/mol. The molecule has 2 N–H and O–H groups in total. The van der Waals surface area contributed by atoms with Gasteiger partial charge in [-0.15, -0.1) is 10.2 Å². The highest BCUT2D eigenvalue weighted by molar-refractivity contribution is 6.10. The molecule has 1 amide bonds. The van der Waals surface area contributed by atoms with Crippen LogP contribution < -0.4 is 10.2 Å². The van der Waals surface area contributed by atoms with Crippen molar-refractivity contribution >= 4 is 22.5 Å². The molecule has 1 aliphatic heterocycles. The molecule has 0 spiro atoms. The van der Waals surface area contributed by atoms with E-state index >= 15 is 0 Å². The third kappa shape index (κ3) is 4.11. The Balaban J connectivity index is 1.39. The fourth-order valence-corrected chi connectivity index (χ4v) is 4.73. The number of nitrogens with one attached hydrogen (secondary N) is 2. The molecule has 4 heterocycles. The lowest BCUT2D eigenvalue weighted by Gasteiger charge is -2.34. The van der Waals surface area contributed by atoms with Crippen molar-refractivity contribution in [3.8, 4) is 22.5 Å². The Morgan fingerprint density at radius 1 is 1.08 bits per heavy atom. The van der Waals surface area contributed by atoms with Crippen LogP contribution in [-0.2, 0) is 7.05 Å². The Morgan fingerprint density at radius 2 is 1.94 bits per heavy atom. The second-order valence-electron chi connectivity index (χ2n) is 8.91. The van der Waals surface area contributed by atoms with Crippen molar-refractivity contribution < 1.29 is 4.79 Å². The minimum atomic E-state index is -0.0822. The van der Waals surface area contributed by atoms with Gasteiger partial charge in [0, 0.05) is 41.0 Å². The summed E-state index contributed by atoms with van der Waals surface area (Å²) in [5.74, 6) is 1.11. The van der Waals surface area contributed by atoms with E-state index < -0.39 is 0 Å². The SMILES string of the molecule is Cn1nnc(-c2ccc(C(=O)N(c3nccc4cc(-c5cn[nH]c5)ccc34)[C@@H]3CCCNC3)cc2)n1. The zero-order valence-electron chi connectivity index (χ0n) is 19.8. The van der Waals surface area contributed by atoms with Gasteiger partial charge in [-0.2, -0.15) is 9.90 Å². The smallest absolute Gasteiger partial charge is 0.259 e. The highest BCUT2D eigenvalue weighted by atomic mass is 16.2. The van der Waals surface area contributed by atoms with E-state index in [-0.39, 0.29) is 11.9 Å². The number of pyridine rings is 1. The molecule has 1 atom stereocenters. The third-order valence-corrected chi connectivity index (χ3v) is 6.56. The van der Waals surface area contributed by atoms with E-state index in [0.717, 1.165) is 53.4 Å². The van der Waals surface area contributed by atoms with E-state index in [1.807, 2.05) is 53.6 Å². The maximum Gasteiger partial charge on any atom is 0.259 e. The maximum absolute atomic E-state index is 14.0. The van der Waals surface area contributed by atoms with E-state index in [4.69, 9.17) is 4.98 Å². The summed E-state index contributed by atoms with van der Waals surface area (Å²) in [6.45, 7) is 1.67. The number of benzene rings is 2. The van der Waals surface area contributed by atoms with Crippen LogP contribution in [0.5, 0.6) is 0 Å². The Kier molecular flexibility index (Phi) is 5.70. The molecule has 10 heteroatoms. The van der Waals surface area contributed by atoms with Crippen molar-refractivity contribution in [2.24, 2.45) is 7.05 Å². The lowest BCUT2D eigenvalue weighted by molar-refractivity contribution is 0.0972. The first-order valence-electron chi connectivity index (χ1n) is 11.9. The minimum Gasteiger partial charge on any atom is -0.315 e. The van der Waals surface area contributed by atoms with Crippen molar-refractivity contribution in [1.29, 1.82) is 0 Å². The van der Waals surface area contributed by atoms with E-state index in [9.17, 15) is 4.79 Å². The number of piperidine rings is 1. The standard InChI is InChI=1S/C26H25N9O/c1-34-32-24(31-33-34)17-4-6-18(7-5-17)26(36)35(22-3-2-11-27-16-22)25-23-9-8-19(21-14-29-30-15-21)13-20(23)10-12-28-25/h4-10,12-15,22,27H,2-3,11,16H2,1H3,(H,29,30)/t22-/m1/s1.